The fraction of sp³-hybridized carbons (Fsp3) is 0.333. The van der Waals surface area contributed by atoms with E-state index in [0.717, 1.165) is 11.3 Å². The average Bonchev–Trinajstić information content (AvgIpc) is 3.02. The summed E-state index contributed by atoms with van der Waals surface area (Å²) in [6.45, 7) is 1.99. The lowest BCUT2D eigenvalue weighted by Crippen LogP contribution is -2.22. The Bertz CT molecular complexity index is 424. The molecule has 1 aromatic carbocycles. The quantitative estimate of drug-likeness (QED) is 0.795. The summed E-state index contributed by atoms with van der Waals surface area (Å²) in [6, 6.07) is 9.63. The molecular formula is C12H12N2O. The summed E-state index contributed by atoms with van der Waals surface area (Å²) in [6.07, 6.45) is 1.36. The molecule has 0 atom stereocenters. The number of nitrogens with one attached hydrogen (secondary N) is 1. The van der Waals surface area contributed by atoms with E-state index in [0.29, 0.717) is 12.8 Å². The molecule has 3 heteroatoms. The van der Waals surface area contributed by atoms with Crippen molar-refractivity contribution < 1.29 is 4.79 Å². The Hall–Kier alpha value is -1.82. The number of benzene rings is 1. The molecule has 0 spiro atoms. The molecule has 1 fully saturated rings. The molecule has 0 aromatic heterocycles. The summed E-state index contributed by atoms with van der Waals surface area (Å²) in [4.78, 5) is 11.7. The van der Waals surface area contributed by atoms with Gasteiger partial charge >= 0.3 is 0 Å². The molecule has 0 saturated heterocycles. The smallest absolute Gasteiger partial charge is 0.244 e. The SMILES string of the molecule is Cc1ccc(NC(=O)C2(C#N)CC2)cc1. The van der Waals surface area contributed by atoms with Gasteiger partial charge in [-0.05, 0) is 31.9 Å². The first kappa shape index (κ1) is 9.72. The van der Waals surface area contributed by atoms with Crippen molar-refractivity contribution in [3.05, 3.63) is 29.8 Å². The Morgan fingerprint density at radius 1 is 1.40 bits per heavy atom. The standard InChI is InChI=1S/C12H12N2O/c1-9-2-4-10(5-3-9)14-11(15)12(8-13)6-7-12/h2-5H,6-7H2,1H3,(H,14,15). The summed E-state index contributed by atoms with van der Waals surface area (Å²) in [5, 5.41) is 11.6. The zero-order valence-corrected chi connectivity index (χ0v) is 8.58. The fourth-order valence-corrected chi connectivity index (χ4v) is 1.40. The Morgan fingerprint density at radius 3 is 2.47 bits per heavy atom. The number of nitrogens with zero attached hydrogens (tertiary/aromatic N) is 1. The average molecular weight is 200 g/mol. The molecule has 1 N–H and O–H groups in total. The molecule has 76 valence electrons. The van der Waals surface area contributed by atoms with Gasteiger partial charge in [-0.1, -0.05) is 17.7 Å². The van der Waals surface area contributed by atoms with E-state index in [1.807, 2.05) is 31.2 Å². The van der Waals surface area contributed by atoms with Gasteiger partial charge in [-0.3, -0.25) is 4.79 Å². The van der Waals surface area contributed by atoms with Crippen LogP contribution in [-0.4, -0.2) is 5.91 Å². The fourth-order valence-electron chi connectivity index (χ4n) is 1.40. The number of rotatable bonds is 2. The van der Waals surface area contributed by atoms with Crippen LogP contribution in [0.2, 0.25) is 0 Å². The van der Waals surface area contributed by atoms with E-state index in [1.165, 1.54) is 0 Å². The number of carbonyl (C=O) groups is 1. The van der Waals surface area contributed by atoms with Crippen LogP contribution in [0.15, 0.2) is 24.3 Å². The summed E-state index contributed by atoms with van der Waals surface area (Å²) in [5.41, 5.74) is 1.16. The molecule has 3 nitrogen and oxygen atoms in total. The van der Waals surface area contributed by atoms with Crippen LogP contribution in [0.1, 0.15) is 18.4 Å². The second kappa shape index (κ2) is 3.39. The number of hydrogen-bond acceptors (Lipinski definition) is 2. The largest absolute Gasteiger partial charge is 0.325 e. The summed E-state index contributed by atoms with van der Waals surface area (Å²) in [7, 11) is 0. The highest BCUT2D eigenvalue weighted by Gasteiger charge is 2.50. The zero-order valence-electron chi connectivity index (χ0n) is 8.58. The second-order valence-electron chi connectivity index (χ2n) is 4.01. The number of anilines is 1. The zero-order chi connectivity index (χ0) is 10.9. The summed E-state index contributed by atoms with van der Waals surface area (Å²) in [5.74, 6) is -0.172. The molecule has 1 aliphatic rings. The minimum atomic E-state index is -0.745. The van der Waals surface area contributed by atoms with Crippen LogP contribution in [0.3, 0.4) is 0 Å². The van der Waals surface area contributed by atoms with Gasteiger partial charge in [-0.15, -0.1) is 0 Å². The van der Waals surface area contributed by atoms with Crippen molar-refractivity contribution >= 4 is 11.6 Å². The van der Waals surface area contributed by atoms with Gasteiger partial charge in [0.2, 0.25) is 5.91 Å². The molecule has 1 saturated carbocycles. The summed E-state index contributed by atoms with van der Waals surface area (Å²) < 4.78 is 0. The predicted octanol–water partition coefficient (Wildman–Crippen LogP) is 2.24. The molecular weight excluding hydrogens is 188 g/mol. The molecule has 15 heavy (non-hydrogen) atoms. The van der Waals surface area contributed by atoms with Gasteiger partial charge in [0.25, 0.3) is 0 Å². The van der Waals surface area contributed by atoms with Crippen molar-refractivity contribution in [2.24, 2.45) is 5.41 Å². The maximum Gasteiger partial charge on any atom is 0.244 e. The van der Waals surface area contributed by atoms with E-state index in [1.54, 1.807) is 0 Å². The van der Waals surface area contributed by atoms with Crippen LogP contribution in [0, 0.1) is 23.7 Å². The van der Waals surface area contributed by atoms with Crippen molar-refractivity contribution in [2.45, 2.75) is 19.8 Å². The molecule has 0 radical (unpaired) electrons. The van der Waals surface area contributed by atoms with E-state index >= 15 is 0 Å². The maximum absolute atomic E-state index is 11.7. The van der Waals surface area contributed by atoms with Gasteiger partial charge in [0, 0.05) is 5.69 Å². The first-order chi connectivity index (χ1) is 7.16. The maximum atomic E-state index is 11.7. The van der Waals surface area contributed by atoms with Crippen LogP contribution in [0.5, 0.6) is 0 Å². The van der Waals surface area contributed by atoms with E-state index in [4.69, 9.17) is 5.26 Å². The van der Waals surface area contributed by atoms with Crippen molar-refractivity contribution in [1.82, 2.24) is 0 Å². The van der Waals surface area contributed by atoms with Gasteiger partial charge in [0.15, 0.2) is 0 Å². The highest BCUT2D eigenvalue weighted by molar-refractivity contribution is 5.99. The Labute approximate surface area is 88.7 Å². The Kier molecular flexibility index (Phi) is 2.20. The third kappa shape index (κ3) is 1.84. The highest BCUT2D eigenvalue weighted by atomic mass is 16.2. The molecule has 1 aliphatic carbocycles. The van der Waals surface area contributed by atoms with Gasteiger partial charge in [-0.2, -0.15) is 5.26 Å². The van der Waals surface area contributed by atoms with Crippen LogP contribution in [0.25, 0.3) is 0 Å². The van der Waals surface area contributed by atoms with E-state index in [9.17, 15) is 4.79 Å². The molecule has 2 rings (SSSR count). The first-order valence-corrected chi connectivity index (χ1v) is 4.96. The summed E-state index contributed by atoms with van der Waals surface area (Å²) >= 11 is 0. The van der Waals surface area contributed by atoms with Crippen LogP contribution in [0.4, 0.5) is 5.69 Å². The van der Waals surface area contributed by atoms with Gasteiger partial charge in [-0.25, -0.2) is 0 Å². The predicted molar refractivity (Wildman–Crippen MR) is 57.1 cm³/mol. The highest BCUT2D eigenvalue weighted by Crippen LogP contribution is 2.45. The topological polar surface area (TPSA) is 52.9 Å². The van der Waals surface area contributed by atoms with Crippen LogP contribution in [-0.2, 0) is 4.79 Å². The van der Waals surface area contributed by atoms with Crippen molar-refractivity contribution in [3.63, 3.8) is 0 Å². The molecule has 0 unspecified atom stereocenters. The van der Waals surface area contributed by atoms with Gasteiger partial charge in [0.1, 0.15) is 5.41 Å². The number of hydrogen-bond donors (Lipinski definition) is 1. The van der Waals surface area contributed by atoms with Gasteiger partial charge < -0.3 is 5.32 Å². The molecule has 0 aliphatic heterocycles. The number of aryl methyl sites for hydroxylation is 1. The third-order valence-electron chi connectivity index (χ3n) is 2.71. The lowest BCUT2D eigenvalue weighted by atomic mass is 10.1. The molecule has 1 aromatic rings. The number of nitriles is 1. The van der Waals surface area contributed by atoms with Crippen molar-refractivity contribution in [3.8, 4) is 6.07 Å². The van der Waals surface area contributed by atoms with Crippen molar-refractivity contribution in [1.29, 1.82) is 5.26 Å². The first-order valence-electron chi connectivity index (χ1n) is 4.96. The monoisotopic (exact) mass is 200 g/mol. The normalized spacial score (nSPS) is 16.5. The van der Waals surface area contributed by atoms with Crippen molar-refractivity contribution in [2.75, 3.05) is 5.32 Å². The minimum absolute atomic E-state index is 0.172. The molecule has 1 amide bonds. The second-order valence-corrected chi connectivity index (χ2v) is 4.01. The van der Waals surface area contributed by atoms with Gasteiger partial charge in [0.05, 0.1) is 6.07 Å². The number of amides is 1. The Morgan fingerprint density at radius 2 is 2.00 bits per heavy atom. The van der Waals surface area contributed by atoms with E-state index in [2.05, 4.69) is 11.4 Å². The van der Waals surface area contributed by atoms with Crippen LogP contribution >= 0.6 is 0 Å². The molecule has 0 heterocycles. The van der Waals surface area contributed by atoms with Crippen LogP contribution < -0.4 is 5.32 Å². The number of carbonyl (C=O) groups excluding carboxylic acids is 1. The lowest BCUT2D eigenvalue weighted by Gasteiger charge is -2.07. The minimum Gasteiger partial charge on any atom is -0.325 e. The Balaban J connectivity index is 2.07. The molecule has 0 bridgehead atoms. The third-order valence-corrected chi connectivity index (χ3v) is 2.71. The van der Waals surface area contributed by atoms with E-state index < -0.39 is 5.41 Å². The van der Waals surface area contributed by atoms with E-state index in [-0.39, 0.29) is 5.91 Å². The lowest BCUT2D eigenvalue weighted by molar-refractivity contribution is -0.119.